The molecule has 0 amide bonds. The molecule has 0 bridgehead atoms. The maximum absolute atomic E-state index is 9.77. The Morgan fingerprint density at radius 1 is 1.27 bits per heavy atom. The molecular weight excluding hydrogens is 184 g/mol. The molecule has 1 nitrogen and oxygen atoms in total. The van der Waals surface area contributed by atoms with Crippen LogP contribution in [0.1, 0.15) is 38.2 Å². The van der Waals surface area contributed by atoms with Crippen molar-refractivity contribution in [1.82, 2.24) is 0 Å². The zero-order valence-electron chi connectivity index (χ0n) is 9.45. The number of hydrogen-bond acceptors (Lipinski definition) is 1. The van der Waals surface area contributed by atoms with E-state index in [-0.39, 0.29) is 12.0 Å². The smallest absolute Gasteiger partial charge is 0.0530 e. The summed E-state index contributed by atoms with van der Waals surface area (Å²) in [6, 6.07) is 10.5. The summed E-state index contributed by atoms with van der Waals surface area (Å²) in [5.41, 5.74) is 1.35. The molecule has 82 valence electrons. The maximum Gasteiger partial charge on any atom is 0.0530 e. The van der Waals surface area contributed by atoms with Gasteiger partial charge in [0.2, 0.25) is 0 Å². The standard InChI is InChI=1S/C14H20O/c1-2-14(11-15,13-9-6-10-13)12-7-4-3-5-8-12/h3-5,7-8,13,15H,2,6,9-11H2,1H3. The van der Waals surface area contributed by atoms with E-state index in [1.54, 1.807) is 0 Å². The van der Waals surface area contributed by atoms with Crippen LogP contribution in [0.2, 0.25) is 0 Å². The van der Waals surface area contributed by atoms with Gasteiger partial charge in [-0.3, -0.25) is 0 Å². The van der Waals surface area contributed by atoms with Gasteiger partial charge in [-0.05, 0) is 30.7 Å². The molecule has 15 heavy (non-hydrogen) atoms. The summed E-state index contributed by atoms with van der Waals surface area (Å²) in [7, 11) is 0. The highest BCUT2D eigenvalue weighted by atomic mass is 16.3. The lowest BCUT2D eigenvalue weighted by molar-refractivity contribution is 0.0819. The van der Waals surface area contributed by atoms with Gasteiger partial charge in [0.15, 0.2) is 0 Å². The Balaban J connectivity index is 2.32. The maximum atomic E-state index is 9.77. The summed E-state index contributed by atoms with van der Waals surface area (Å²) < 4.78 is 0. The van der Waals surface area contributed by atoms with Gasteiger partial charge in [0, 0.05) is 5.41 Å². The summed E-state index contributed by atoms with van der Waals surface area (Å²) in [6.45, 7) is 2.49. The van der Waals surface area contributed by atoms with E-state index in [4.69, 9.17) is 0 Å². The summed E-state index contributed by atoms with van der Waals surface area (Å²) >= 11 is 0. The Kier molecular flexibility index (Phi) is 3.11. The van der Waals surface area contributed by atoms with Crippen LogP contribution >= 0.6 is 0 Å². The zero-order chi connectivity index (χ0) is 10.7. The van der Waals surface area contributed by atoms with E-state index in [0.717, 1.165) is 6.42 Å². The molecule has 1 aromatic carbocycles. The Bertz CT molecular complexity index is 296. The lowest BCUT2D eigenvalue weighted by atomic mass is 9.61. The highest BCUT2D eigenvalue weighted by Gasteiger charge is 2.41. The molecule has 1 aliphatic carbocycles. The van der Waals surface area contributed by atoms with Gasteiger partial charge in [0.25, 0.3) is 0 Å². The van der Waals surface area contributed by atoms with Crippen molar-refractivity contribution in [2.24, 2.45) is 5.92 Å². The van der Waals surface area contributed by atoms with Crippen molar-refractivity contribution in [2.45, 2.75) is 38.0 Å². The molecule has 1 saturated carbocycles. The molecule has 1 unspecified atom stereocenters. The largest absolute Gasteiger partial charge is 0.395 e. The van der Waals surface area contributed by atoms with Crippen LogP contribution in [0, 0.1) is 5.92 Å². The number of benzene rings is 1. The third kappa shape index (κ3) is 1.69. The summed E-state index contributed by atoms with van der Waals surface area (Å²) in [5, 5.41) is 9.77. The highest BCUT2D eigenvalue weighted by Crippen LogP contribution is 2.45. The lowest BCUT2D eigenvalue weighted by Crippen LogP contribution is -2.41. The van der Waals surface area contributed by atoms with E-state index in [2.05, 4.69) is 31.2 Å². The first-order valence-electron chi connectivity index (χ1n) is 6.00. The van der Waals surface area contributed by atoms with Crippen LogP contribution in [-0.2, 0) is 5.41 Å². The van der Waals surface area contributed by atoms with Crippen molar-refractivity contribution in [3.05, 3.63) is 35.9 Å². The Hall–Kier alpha value is -0.820. The highest BCUT2D eigenvalue weighted by molar-refractivity contribution is 5.27. The van der Waals surface area contributed by atoms with Crippen molar-refractivity contribution in [3.63, 3.8) is 0 Å². The second kappa shape index (κ2) is 4.36. The molecule has 1 atom stereocenters. The van der Waals surface area contributed by atoms with E-state index >= 15 is 0 Å². The van der Waals surface area contributed by atoms with Crippen LogP contribution in [0.15, 0.2) is 30.3 Å². The number of aliphatic hydroxyl groups excluding tert-OH is 1. The normalized spacial score (nSPS) is 20.7. The van der Waals surface area contributed by atoms with E-state index in [1.165, 1.54) is 24.8 Å². The number of aliphatic hydroxyl groups is 1. The van der Waals surface area contributed by atoms with Gasteiger partial charge < -0.3 is 5.11 Å². The first-order valence-corrected chi connectivity index (χ1v) is 6.00. The molecule has 0 radical (unpaired) electrons. The molecule has 0 saturated heterocycles. The van der Waals surface area contributed by atoms with Crippen LogP contribution in [0.3, 0.4) is 0 Å². The average Bonchev–Trinajstić information content (AvgIpc) is 2.24. The SMILES string of the molecule is CCC(CO)(c1ccccc1)C1CCC1. The average molecular weight is 204 g/mol. The van der Waals surface area contributed by atoms with E-state index in [9.17, 15) is 5.11 Å². The molecular formula is C14H20O. The van der Waals surface area contributed by atoms with Gasteiger partial charge in [0.1, 0.15) is 0 Å². The fourth-order valence-electron chi connectivity index (χ4n) is 2.79. The minimum absolute atomic E-state index is 0.0273. The van der Waals surface area contributed by atoms with Gasteiger partial charge in [-0.2, -0.15) is 0 Å². The van der Waals surface area contributed by atoms with Crippen LogP contribution in [0.25, 0.3) is 0 Å². The quantitative estimate of drug-likeness (QED) is 0.799. The van der Waals surface area contributed by atoms with Crippen molar-refractivity contribution in [3.8, 4) is 0 Å². The molecule has 2 rings (SSSR count). The second-order valence-electron chi connectivity index (χ2n) is 4.66. The molecule has 0 aromatic heterocycles. The predicted molar refractivity (Wildman–Crippen MR) is 62.8 cm³/mol. The van der Waals surface area contributed by atoms with Gasteiger partial charge in [-0.1, -0.05) is 43.7 Å². The van der Waals surface area contributed by atoms with Crippen molar-refractivity contribution in [2.75, 3.05) is 6.61 Å². The fourth-order valence-corrected chi connectivity index (χ4v) is 2.79. The summed E-state index contributed by atoms with van der Waals surface area (Å²) in [6.07, 6.45) is 4.93. The molecule has 1 aromatic rings. The van der Waals surface area contributed by atoms with Gasteiger partial charge in [-0.15, -0.1) is 0 Å². The summed E-state index contributed by atoms with van der Waals surface area (Å²) in [4.78, 5) is 0. The summed E-state index contributed by atoms with van der Waals surface area (Å²) in [5.74, 6) is 0.690. The topological polar surface area (TPSA) is 20.2 Å². The Morgan fingerprint density at radius 2 is 1.93 bits per heavy atom. The van der Waals surface area contributed by atoms with Crippen LogP contribution < -0.4 is 0 Å². The molecule has 0 heterocycles. The third-order valence-corrected chi connectivity index (χ3v) is 4.15. The molecule has 1 heteroatoms. The zero-order valence-corrected chi connectivity index (χ0v) is 9.45. The lowest BCUT2D eigenvalue weighted by Gasteiger charge is -2.44. The predicted octanol–water partition coefficient (Wildman–Crippen LogP) is 3.13. The fraction of sp³-hybridized carbons (Fsp3) is 0.571. The van der Waals surface area contributed by atoms with Gasteiger partial charge >= 0.3 is 0 Å². The molecule has 1 N–H and O–H groups in total. The second-order valence-corrected chi connectivity index (χ2v) is 4.66. The van der Waals surface area contributed by atoms with Gasteiger partial charge in [0.05, 0.1) is 6.61 Å². The molecule has 1 fully saturated rings. The van der Waals surface area contributed by atoms with E-state index in [0.29, 0.717) is 5.92 Å². The molecule has 1 aliphatic rings. The first-order chi connectivity index (χ1) is 7.33. The minimum atomic E-state index is 0.0273. The number of rotatable bonds is 4. The molecule has 0 spiro atoms. The third-order valence-electron chi connectivity index (χ3n) is 4.15. The first kappa shape index (κ1) is 10.7. The van der Waals surface area contributed by atoms with Crippen LogP contribution in [0.4, 0.5) is 0 Å². The Labute approximate surface area is 92.1 Å². The van der Waals surface area contributed by atoms with Crippen molar-refractivity contribution in [1.29, 1.82) is 0 Å². The van der Waals surface area contributed by atoms with Crippen molar-refractivity contribution < 1.29 is 5.11 Å². The monoisotopic (exact) mass is 204 g/mol. The van der Waals surface area contributed by atoms with Crippen LogP contribution in [-0.4, -0.2) is 11.7 Å². The van der Waals surface area contributed by atoms with Crippen molar-refractivity contribution >= 4 is 0 Å². The number of hydrogen-bond donors (Lipinski definition) is 1. The van der Waals surface area contributed by atoms with E-state index < -0.39 is 0 Å². The van der Waals surface area contributed by atoms with Gasteiger partial charge in [-0.25, -0.2) is 0 Å². The van der Waals surface area contributed by atoms with E-state index in [1.807, 2.05) is 6.07 Å². The van der Waals surface area contributed by atoms with Crippen LogP contribution in [0.5, 0.6) is 0 Å². The minimum Gasteiger partial charge on any atom is -0.395 e. The Morgan fingerprint density at radius 3 is 2.33 bits per heavy atom. The molecule has 0 aliphatic heterocycles.